The molecule has 1 fully saturated rings. The van der Waals surface area contributed by atoms with Crippen LogP contribution in [0.5, 0.6) is 0 Å². The lowest BCUT2D eigenvalue weighted by Gasteiger charge is -2.27. The zero-order chi connectivity index (χ0) is 14.7. The Labute approximate surface area is 127 Å². The van der Waals surface area contributed by atoms with E-state index < -0.39 is 5.82 Å². The maximum Gasteiger partial charge on any atom is 0.256 e. The molecule has 110 valence electrons. The molecule has 20 heavy (non-hydrogen) atoms. The molecule has 0 aliphatic carbocycles. The van der Waals surface area contributed by atoms with Gasteiger partial charge in [-0.2, -0.15) is 0 Å². The summed E-state index contributed by atoms with van der Waals surface area (Å²) < 4.78 is 14.5. The molecule has 0 spiro atoms. The number of benzene rings is 1. The van der Waals surface area contributed by atoms with E-state index in [1.165, 1.54) is 18.6 Å². The number of hydrogen-bond acceptors (Lipinski definition) is 2. The zero-order valence-corrected chi connectivity index (χ0v) is 13.5. The Hall–Kier alpha value is -0.940. The number of nitrogens with zero attached hydrogens (tertiary/aromatic N) is 2. The van der Waals surface area contributed by atoms with Crippen molar-refractivity contribution in [1.82, 2.24) is 9.80 Å². The van der Waals surface area contributed by atoms with Gasteiger partial charge in [0.25, 0.3) is 5.91 Å². The SMILES string of the molecule is CCN1CCCC1CN(C)C(=O)c1ccc(Br)cc1F. The first-order valence-electron chi connectivity index (χ1n) is 6.97. The fraction of sp³-hybridized carbons (Fsp3) is 0.533. The fourth-order valence-corrected chi connectivity index (χ4v) is 3.12. The minimum absolute atomic E-state index is 0.136. The Morgan fingerprint density at radius 2 is 2.30 bits per heavy atom. The molecule has 2 rings (SSSR count). The smallest absolute Gasteiger partial charge is 0.256 e. The predicted molar refractivity (Wildman–Crippen MR) is 81.3 cm³/mol. The number of carbonyl (C=O) groups excluding carboxylic acids is 1. The first-order chi connectivity index (χ1) is 9.52. The average molecular weight is 343 g/mol. The number of likely N-dealkylation sites (tertiary alicyclic amines) is 1. The molecule has 1 amide bonds. The lowest BCUT2D eigenvalue weighted by molar-refractivity contribution is 0.0750. The van der Waals surface area contributed by atoms with E-state index in [9.17, 15) is 9.18 Å². The van der Waals surface area contributed by atoms with Crippen LogP contribution in [0.25, 0.3) is 0 Å². The molecule has 1 unspecified atom stereocenters. The highest BCUT2D eigenvalue weighted by molar-refractivity contribution is 9.10. The van der Waals surface area contributed by atoms with Crippen LogP contribution in [0.15, 0.2) is 22.7 Å². The Balaban J connectivity index is 2.05. The Morgan fingerprint density at radius 3 is 2.95 bits per heavy atom. The summed E-state index contributed by atoms with van der Waals surface area (Å²) in [5.74, 6) is -0.729. The number of amides is 1. The van der Waals surface area contributed by atoms with Gasteiger partial charge in [0.2, 0.25) is 0 Å². The van der Waals surface area contributed by atoms with Gasteiger partial charge >= 0.3 is 0 Å². The van der Waals surface area contributed by atoms with Crippen molar-refractivity contribution in [3.63, 3.8) is 0 Å². The Morgan fingerprint density at radius 1 is 1.55 bits per heavy atom. The molecule has 0 aromatic heterocycles. The number of rotatable bonds is 4. The second-order valence-electron chi connectivity index (χ2n) is 5.23. The molecule has 3 nitrogen and oxygen atoms in total. The van der Waals surface area contributed by atoms with Crippen molar-refractivity contribution >= 4 is 21.8 Å². The van der Waals surface area contributed by atoms with Gasteiger partial charge in [0.05, 0.1) is 5.56 Å². The molecule has 0 radical (unpaired) electrons. The second kappa shape index (κ2) is 6.68. The summed E-state index contributed by atoms with van der Waals surface area (Å²) in [6.45, 7) is 4.88. The Kier molecular flexibility index (Phi) is 5.16. The molecule has 0 bridgehead atoms. The van der Waals surface area contributed by atoms with Gasteiger partial charge in [0.15, 0.2) is 0 Å². The molecular weight excluding hydrogens is 323 g/mol. The lowest BCUT2D eigenvalue weighted by atomic mass is 10.1. The molecular formula is C15H20BrFN2O. The van der Waals surface area contributed by atoms with Gasteiger partial charge in [0.1, 0.15) is 5.82 Å². The number of halogens is 2. The Bertz CT molecular complexity index is 495. The first kappa shape index (κ1) is 15.4. The van der Waals surface area contributed by atoms with Crippen molar-refractivity contribution < 1.29 is 9.18 Å². The molecule has 1 aromatic carbocycles. The largest absolute Gasteiger partial charge is 0.340 e. The summed E-state index contributed by atoms with van der Waals surface area (Å²) in [4.78, 5) is 16.3. The van der Waals surface area contributed by atoms with Crippen LogP contribution in [-0.4, -0.2) is 48.4 Å². The van der Waals surface area contributed by atoms with Crippen molar-refractivity contribution in [2.45, 2.75) is 25.8 Å². The zero-order valence-electron chi connectivity index (χ0n) is 11.9. The third-order valence-electron chi connectivity index (χ3n) is 3.90. The fourth-order valence-electron chi connectivity index (χ4n) is 2.79. The van der Waals surface area contributed by atoms with Crippen molar-refractivity contribution in [3.05, 3.63) is 34.1 Å². The highest BCUT2D eigenvalue weighted by Gasteiger charge is 2.26. The molecule has 1 heterocycles. The van der Waals surface area contributed by atoms with Gasteiger partial charge < -0.3 is 4.90 Å². The normalized spacial score (nSPS) is 19.3. The number of likely N-dealkylation sites (N-methyl/N-ethyl adjacent to an activating group) is 2. The van der Waals surface area contributed by atoms with Crippen molar-refractivity contribution in [2.24, 2.45) is 0 Å². The van der Waals surface area contributed by atoms with Gasteiger partial charge in [-0.15, -0.1) is 0 Å². The van der Waals surface area contributed by atoms with E-state index in [1.807, 2.05) is 0 Å². The lowest BCUT2D eigenvalue weighted by Crippen LogP contribution is -2.41. The van der Waals surface area contributed by atoms with Crippen LogP contribution >= 0.6 is 15.9 Å². The summed E-state index contributed by atoms with van der Waals surface area (Å²) in [6, 6.07) is 4.95. The van der Waals surface area contributed by atoms with Crippen LogP contribution < -0.4 is 0 Å². The van der Waals surface area contributed by atoms with Gasteiger partial charge in [-0.1, -0.05) is 22.9 Å². The topological polar surface area (TPSA) is 23.6 Å². The summed E-state index contributed by atoms with van der Waals surface area (Å²) in [7, 11) is 1.75. The molecule has 1 aliphatic rings. The van der Waals surface area contributed by atoms with Gasteiger partial charge in [-0.25, -0.2) is 4.39 Å². The summed E-state index contributed by atoms with van der Waals surface area (Å²) in [5, 5.41) is 0. The first-order valence-corrected chi connectivity index (χ1v) is 7.76. The van der Waals surface area contributed by atoms with Crippen LogP contribution in [0, 0.1) is 5.82 Å². The van der Waals surface area contributed by atoms with Crippen LogP contribution in [0.3, 0.4) is 0 Å². The minimum atomic E-state index is -0.477. The van der Waals surface area contributed by atoms with E-state index in [0.717, 1.165) is 19.5 Å². The van der Waals surface area contributed by atoms with E-state index in [4.69, 9.17) is 0 Å². The van der Waals surface area contributed by atoms with Gasteiger partial charge in [-0.3, -0.25) is 9.69 Å². The third-order valence-corrected chi connectivity index (χ3v) is 4.39. The average Bonchev–Trinajstić information content (AvgIpc) is 2.85. The van der Waals surface area contributed by atoms with Gasteiger partial charge in [0, 0.05) is 24.1 Å². The minimum Gasteiger partial charge on any atom is -0.340 e. The van der Waals surface area contributed by atoms with E-state index >= 15 is 0 Å². The molecule has 1 aromatic rings. The molecule has 1 saturated heterocycles. The maximum absolute atomic E-state index is 13.8. The summed E-state index contributed by atoms with van der Waals surface area (Å²) in [5.41, 5.74) is 0.136. The number of carbonyl (C=O) groups is 1. The van der Waals surface area contributed by atoms with E-state index in [2.05, 4.69) is 27.8 Å². The van der Waals surface area contributed by atoms with Gasteiger partial charge in [-0.05, 0) is 44.1 Å². The van der Waals surface area contributed by atoms with Crippen molar-refractivity contribution in [2.75, 3.05) is 26.7 Å². The molecule has 5 heteroatoms. The van der Waals surface area contributed by atoms with Crippen LogP contribution in [-0.2, 0) is 0 Å². The monoisotopic (exact) mass is 342 g/mol. The molecule has 0 saturated carbocycles. The van der Waals surface area contributed by atoms with E-state index in [-0.39, 0.29) is 11.5 Å². The van der Waals surface area contributed by atoms with Crippen molar-refractivity contribution in [3.8, 4) is 0 Å². The molecule has 0 N–H and O–H groups in total. The summed E-state index contributed by atoms with van der Waals surface area (Å²) in [6.07, 6.45) is 2.28. The quantitative estimate of drug-likeness (QED) is 0.839. The molecule has 1 aliphatic heterocycles. The maximum atomic E-state index is 13.8. The number of hydrogen-bond donors (Lipinski definition) is 0. The second-order valence-corrected chi connectivity index (χ2v) is 6.15. The highest BCUT2D eigenvalue weighted by Crippen LogP contribution is 2.20. The van der Waals surface area contributed by atoms with Crippen LogP contribution in [0.4, 0.5) is 4.39 Å². The van der Waals surface area contributed by atoms with Crippen molar-refractivity contribution in [1.29, 1.82) is 0 Å². The van der Waals surface area contributed by atoms with E-state index in [0.29, 0.717) is 17.1 Å². The summed E-state index contributed by atoms with van der Waals surface area (Å²) >= 11 is 3.20. The predicted octanol–water partition coefficient (Wildman–Crippen LogP) is 3.14. The standard InChI is InChI=1S/C15H20BrFN2O/c1-3-19-8-4-5-12(19)10-18(2)15(20)13-7-6-11(16)9-14(13)17/h6-7,9,12H,3-5,8,10H2,1-2H3. The third kappa shape index (κ3) is 3.38. The van der Waals surface area contributed by atoms with E-state index in [1.54, 1.807) is 18.0 Å². The molecule has 1 atom stereocenters. The van der Waals surface area contributed by atoms with Crippen LogP contribution in [0.1, 0.15) is 30.1 Å². The highest BCUT2D eigenvalue weighted by atomic mass is 79.9. The van der Waals surface area contributed by atoms with Crippen LogP contribution in [0.2, 0.25) is 0 Å².